The molecular formula is C30H26N6O2. The van der Waals surface area contributed by atoms with Crippen molar-refractivity contribution in [3.05, 3.63) is 102 Å². The topological polar surface area (TPSA) is 95.1 Å². The van der Waals surface area contributed by atoms with Crippen molar-refractivity contribution in [3.8, 4) is 22.5 Å². The smallest absolute Gasteiger partial charge is 0.254 e. The Morgan fingerprint density at radius 3 is 2.39 bits per heavy atom. The van der Waals surface area contributed by atoms with Gasteiger partial charge in [-0.15, -0.1) is 10.2 Å². The summed E-state index contributed by atoms with van der Waals surface area (Å²) in [7, 11) is 1.75. The highest BCUT2D eigenvalue weighted by Crippen LogP contribution is 2.29. The summed E-state index contributed by atoms with van der Waals surface area (Å²) < 4.78 is 0. The third-order valence-electron chi connectivity index (χ3n) is 6.95. The van der Waals surface area contributed by atoms with Gasteiger partial charge in [0, 0.05) is 60.3 Å². The number of aromatic amines is 1. The van der Waals surface area contributed by atoms with Crippen molar-refractivity contribution in [1.29, 1.82) is 0 Å². The van der Waals surface area contributed by atoms with Crippen molar-refractivity contribution >= 4 is 22.7 Å². The molecule has 8 nitrogen and oxygen atoms in total. The summed E-state index contributed by atoms with van der Waals surface area (Å²) in [6, 6.07) is 25.4. The highest BCUT2D eigenvalue weighted by Gasteiger charge is 2.25. The lowest BCUT2D eigenvalue weighted by molar-refractivity contribution is -0.133. The van der Waals surface area contributed by atoms with Crippen LogP contribution in [-0.4, -0.2) is 68.5 Å². The van der Waals surface area contributed by atoms with Crippen LogP contribution in [0, 0.1) is 0 Å². The highest BCUT2D eigenvalue weighted by atomic mass is 16.2. The maximum Gasteiger partial charge on any atom is 0.254 e. The van der Waals surface area contributed by atoms with Crippen molar-refractivity contribution in [2.45, 2.75) is 6.42 Å². The van der Waals surface area contributed by atoms with Gasteiger partial charge in [0.1, 0.15) is 17.9 Å². The Bertz CT molecular complexity index is 1630. The molecule has 38 heavy (non-hydrogen) atoms. The second kappa shape index (κ2) is 9.89. The number of rotatable bonds is 5. The maximum absolute atomic E-state index is 13.0. The van der Waals surface area contributed by atoms with Gasteiger partial charge in [-0.1, -0.05) is 60.7 Å². The molecule has 3 heterocycles. The van der Waals surface area contributed by atoms with E-state index in [1.54, 1.807) is 29.0 Å². The van der Waals surface area contributed by atoms with Crippen LogP contribution >= 0.6 is 0 Å². The SMILES string of the molecule is CN1CCN(C(=O)c2ccc(-c3nnc(Cc4c[nH]c5ccccc45)nc3-c3ccccc3)cc2)CC1=O. The van der Waals surface area contributed by atoms with Crippen LogP contribution in [-0.2, 0) is 11.2 Å². The number of aromatic nitrogens is 4. The Balaban J connectivity index is 1.31. The number of para-hydroxylation sites is 1. The number of nitrogens with one attached hydrogen (secondary N) is 1. The number of carbonyl (C=O) groups is 2. The summed E-state index contributed by atoms with van der Waals surface area (Å²) >= 11 is 0. The molecule has 0 bridgehead atoms. The van der Waals surface area contributed by atoms with E-state index >= 15 is 0 Å². The fourth-order valence-electron chi connectivity index (χ4n) is 4.76. The third kappa shape index (κ3) is 4.52. The van der Waals surface area contributed by atoms with Crippen LogP contribution in [0.2, 0.25) is 0 Å². The van der Waals surface area contributed by atoms with Gasteiger partial charge in [0.25, 0.3) is 5.91 Å². The molecule has 1 N–H and O–H groups in total. The minimum absolute atomic E-state index is 0.0530. The van der Waals surface area contributed by atoms with Gasteiger partial charge in [0.05, 0.1) is 0 Å². The standard InChI is InChI=1S/C30H26N6O2/c1-35-15-16-36(19-27(35)37)30(38)22-13-11-21(12-14-22)29-28(20-7-3-2-4-8-20)32-26(33-34-29)17-23-18-31-25-10-6-5-9-24(23)25/h2-14,18,31H,15-17,19H2,1H3. The van der Waals surface area contributed by atoms with E-state index in [1.165, 1.54) is 0 Å². The Morgan fingerprint density at radius 2 is 1.61 bits per heavy atom. The van der Waals surface area contributed by atoms with E-state index in [1.807, 2.05) is 66.9 Å². The molecule has 0 unspecified atom stereocenters. The van der Waals surface area contributed by atoms with Crippen LogP contribution in [0.25, 0.3) is 33.4 Å². The van der Waals surface area contributed by atoms with Crippen LogP contribution in [0.4, 0.5) is 0 Å². The number of amides is 2. The average Bonchev–Trinajstić information content (AvgIpc) is 3.37. The fraction of sp³-hybridized carbons (Fsp3) is 0.167. The van der Waals surface area contributed by atoms with Gasteiger partial charge < -0.3 is 14.8 Å². The first kappa shape index (κ1) is 23.5. The van der Waals surface area contributed by atoms with Crippen LogP contribution in [0.15, 0.2) is 85.1 Å². The first-order valence-corrected chi connectivity index (χ1v) is 12.5. The molecule has 5 aromatic rings. The number of H-pyrrole nitrogens is 1. The zero-order valence-electron chi connectivity index (χ0n) is 21.0. The molecule has 0 spiro atoms. The molecule has 2 aromatic heterocycles. The zero-order valence-corrected chi connectivity index (χ0v) is 21.0. The summed E-state index contributed by atoms with van der Waals surface area (Å²) in [5.74, 6) is 0.422. The quantitative estimate of drug-likeness (QED) is 0.389. The second-order valence-electron chi connectivity index (χ2n) is 9.45. The van der Waals surface area contributed by atoms with Gasteiger partial charge in [0.2, 0.25) is 5.91 Å². The van der Waals surface area contributed by atoms with Gasteiger partial charge in [-0.25, -0.2) is 4.98 Å². The largest absolute Gasteiger partial charge is 0.361 e. The number of fused-ring (bicyclic) bond motifs is 1. The predicted octanol–water partition coefficient (Wildman–Crippen LogP) is 4.19. The first-order valence-electron chi connectivity index (χ1n) is 12.5. The van der Waals surface area contributed by atoms with Crippen LogP contribution in [0.5, 0.6) is 0 Å². The number of benzene rings is 3. The minimum Gasteiger partial charge on any atom is -0.361 e. The molecule has 1 aliphatic rings. The third-order valence-corrected chi connectivity index (χ3v) is 6.95. The number of hydrogen-bond acceptors (Lipinski definition) is 5. The van der Waals surface area contributed by atoms with E-state index in [4.69, 9.17) is 4.98 Å². The number of carbonyl (C=O) groups excluding carboxylic acids is 2. The van der Waals surface area contributed by atoms with Gasteiger partial charge in [0.15, 0.2) is 5.82 Å². The van der Waals surface area contributed by atoms with Crippen molar-refractivity contribution < 1.29 is 9.59 Å². The maximum atomic E-state index is 13.0. The molecule has 2 amide bonds. The van der Waals surface area contributed by atoms with Crippen molar-refractivity contribution in [2.75, 3.05) is 26.7 Å². The van der Waals surface area contributed by atoms with E-state index in [-0.39, 0.29) is 18.4 Å². The van der Waals surface area contributed by atoms with Gasteiger partial charge in [-0.05, 0) is 23.8 Å². The second-order valence-corrected chi connectivity index (χ2v) is 9.45. The van der Waals surface area contributed by atoms with E-state index < -0.39 is 0 Å². The summed E-state index contributed by atoms with van der Waals surface area (Å²) in [6.45, 7) is 1.16. The van der Waals surface area contributed by atoms with Crippen molar-refractivity contribution in [2.24, 2.45) is 0 Å². The lowest BCUT2D eigenvalue weighted by Gasteiger charge is -2.32. The summed E-state index contributed by atoms with van der Waals surface area (Å²) in [5, 5.41) is 10.2. The summed E-state index contributed by atoms with van der Waals surface area (Å²) in [4.78, 5) is 36.5. The molecule has 0 saturated carbocycles. The number of hydrogen-bond donors (Lipinski definition) is 1. The van der Waals surface area contributed by atoms with E-state index in [0.29, 0.717) is 36.6 Å². The van der Waals surface area contributed by atoms with E-state index in [2.05, 4.69) is 21.2 Å². The fourth-order valence-corrected chi connectivity index (χ4v) is 4.76. The Labute approximate surface area is 220 Å². The van der Waals surface area contributed by atoms with Crippen molar-refractivity contribution in [1.82, 2.24) is 30.0 Å². The molecule has 0 atom stereocenters. The van der Waals surface area contributed by atoms with Crippen LogP contribution < -0.4 is 0 Å². The monoisotopic (exact) mass is 502 g/mol. The molecule has 1 aliphatic heterocycles. The van der Waals surface area contributed by atoms with Crippen LogP contribution in [0.3, 0.4) is 0 Å². The number of piperazine rings is 1. The molecule has 1 fully saturated rings. The minimum atomic E-state index is -0.153. The highest BCUT2D eigenvalue weighted by molar-refractivity contribution is 5.97. The molecule has 6 rings (SSSR count). The van der Waals surface area contributed by atoms with Crippen molar-refractivity contribution in [3.63, 3.8) is 0 Å². The van der Waals surface area contributed by atoms with E-state index in [0.717, 1.165) is 33.3 Å². The molecular weight excluding hydrogens is 476 g/mol. The molecule has 0 aliphatic carbocycles. The molecule has 3 aromatic carbocycles. The Kier molecular flexibility index (Phi) is 6.13. The molecule has 0 radical (unpaired) electrons. The number of nitrogens with zero attached hydrogens (tertiary/aromatic N) is 5. The predicted molar refractivity (Wildman–Crippen MR) is 145 cm³/mol. The van der Waals surface area contributed by atoms with Gasteiger partial charge in [-0.3, -0.25) is 9.59 Å². The number of likely N-dealkylation sites (N-methyl/N-ethyl adjacent to an activating group) is 1. The van der Waals surface area contributed by atoms with Crippen LogP contribution in [0.1, 0.15) is 21.7 Å². The molecule has 1 saturated heterocycles. The summed E-state index contributed by atoms with van der Waals surface area (Å²) in [6.07, 6.45) is 2.54. The summed E-state index contributed by atoms with van der Waals surface area (Å²) in [5.41, 5.74) is 5.85. The average molecular weight is 503 g/mol. The Hall–Kier alpha value is -4.85. The normalized spacial score (nSPS) is 13.8. The van der Waals surface area contributed by atoms with Gasteiger partial charge in [-0.2, -0.15) is 0 Å². The van der Waals surface area contributed by atoms with Gasteiger partial charge >= 0.3 is 0 Å². The lowest BCUT2D eigenvalue weighted by Crippen LogP contribution is -2.50. The molecule has 8 heteroatoms. The Morgan fingerprint density at radius 1 is 0.868 bits per heavy atom. The first-order chi connectivity index (χ1) is 18.6. The lowest BCUT2D eigenvalue weighted by atomic mass is 10.0. The van der Waals surface area contributed by atoms with E-state index in [9.17, 15) is 9.59 Å². The zero-order chi connectivity index (χ0) is 26.1. The molecule has 188 valence electrons.